The SMILES string of the molecule is CC(N)CCCC(=O)C1CC(=O)N(O)C1=O.O=C(O)CCCC[C@@H]1SC[C@@H]2NC(=O)N[C@@H]21. The Labute approximate surface area is 190 Å². The van der Waals surface area contributed by atoms with Gasteiger partial charge in [0, 0.05) is 36.3 Å². The number of thioether (sulfide) groups is 1. The van der Waals surface area contributed by atoms with E-state index in [-0.39, 0.29) is 54.3 Å². The molecule has 0 saturated carbocycles. The second-order valence-corrected chi connectivity index (χ2v) is 9.67. The molecule has 180 valence electrons. The van der Waals surface area contributed by atoms with Crippen LogP contribution in [0.15, 0.2) is 0 Å². The number of amides is 4. The van der Waals surface area contributed by atoms with Crippen molar-refractivity contribution in [2.45, 2.75) is 81.7 Å². The van der Waals surface area contributed by atoms with Crippen molar-refractivity contribution in [3.8, 4) is 0 Å². The first kappa shape index (κ1) is 26.1. The van der Waals surface area contributed by atoms with Crippen LogP contribution in [-0.2, 0) is 19.2 Å². The largest absolute Gasteiger partial charge is 0.481 e. The van der Waals surface area contributed by atoms with E-state index in [1.165, 1.54) is 0 Å². The number of hydrogen-bond donors (Lipinski definition) is 5. The van der Waals surface area contributed by atoms with E-state index in [2.05, 4.69) is 10.6 Å². The van der Waals surface area contributed by atoms with Gasteiger partial charge in [-0.25, -0.2) is 4.79 Å². The maximum atomic E-state index is 11.6. The zero-order valence-corrected chi connectivity index (χ0v) is 18.9. The van der Waals surface area contributed by atoms with Gasteiger partial charge in [0.15, 0.2) is 0 Å². The third-order valence-corrected chi connectivity index (χ3v) is 7.17. The Morgan fingerprint density at radius 2 is 1.91 bits per heavy atom. The highest BCUT2D eigenvalue weighted by Gasteiger charge is 2.43. The Morgan fingerprint density at radius 1 is 1.19 bits per heavy atom. The van der Waals surface area contributed by atoms with Crippen molar-refractivity contribution in [1.82, 2.24) is 15.7 Å². The molecule has 3 aliphatic heterocycles. The number of aliphatic carboxylic acids is 1. The third kappa shape index (κ3) is 7.45. The lowest BCUT2D eigenvalue weighted by atomic mass is 9.97. The van der Waals surface area contributed by atoms with Gasteiger partial charge >= 0.3 is 12.0 Å². The number of nitrogens with zero attached hydrogens (tertiary/aromatic N) is 1. The van der Waals surface area contributed by atoms with Crippen molar-refractivity contribution < 1.29 is 34.3 Å². The van der Waals surface area contributed by atoms with Crippen molar-refractivity contribution in [3.63, 3.8) is 0 Å². The van der Waals surface area contributed by atoms with E-state index >= 15 is 0 Å². The summed E-state index contributed by atoms with van der Waals surface area (Å²) in [5.74, 6) is -2.58. The van der Waals surface area contributed by atoms with Crippen LogP contribution in [0.2, 0.25) is 0 Å². The van der Waals surface area contributed by atoms with Crippen LogP contribution in [0.25, 0.3) is 0 Å². The van der Waals surface area contributed by atoms with E-state index in [0.717, 1.165) is 25.0 Å². The Morgan fingerprint density at radius 3 is 2.50 bits per heavy atom. The number of carbonyl (C=O) groups excluding carboxylic acids is 4. The molecule has 3 aliphatic rings. The first-order valence-corrected chi connectivity index (χ1v) is 11.9. The number of urea groups is 1. The van der Waals surface area contributed by atoms with Gasteiger partial charge in [0.2, 0.25) is 0 Å². The second kappa shape index (κ2) is 12.2. The van der Waals surface area contributed by atoms with Crippen LogP contribution < -0.4 is 16.4 Å². The van der Waals surface area contributed by atoms with Crippen LogP contribution in [0.3, 0.4) is 0 Å². The van der Waals surface area contributed by atoms with Crippen molar-refractivity contribution in [2.24, 2.45) is 11.7 Å². The Hall–Kier alpha value is -2.18. The quantitative estimate of drug-likeness (QED) is 0.100. The molecule has 3 rings (SSSR count). The number of hydrogen-bond acceptors (Lipinski definition) is 8. The average molecular weight is 473 g/mol. The number of nitrogens with one attached hydrogen (secondary N) is 2. The van der Waals surface area contributed by atoms with Gasteiger partial charge in [-0.15, -0.1) is 0 Å². The fourth-order valence-electron chi connectivity index (χ4n) is 3.91. The Bertz CT molecular complexity index is 733. The highest BCUT2D eigenvalue weighted by molar-refractivity contribution is 8.00. The summed E-state index contributed by atoms with van der Waals surface area (Å²) < 4.78 is 0. The maximum Gasteiger partial charge on any atom is 0.315 e. The van der Waals surface area contributed by atoms with Crippen molar-refractivity contribution >= 4 is 41.4 Å². The lowest BCUT2D eigenvalue weighted by molar-refractivity contribution is -0.172. The summed E-state index contributed by atoms with van der Waals surface area (Å²) in [7, 11) is 0. The number of unbranched alkanes of at least 4 members (excludes halogenated alkanes) is 1. The summed E-state index contributed by atoms with van der Waals surface area (Å²) in [5, 5.41) is 23.8. The summed E-state index contributed by atoms with van der Waals surface area (Å²) in [6, 6.07) is 0.457. The van der Waals surface area contributed by atoms with Crippen molar-refractivity contribution in [1.29, 1.82) is 0 Å². The monoisotopic (exact) mass is 472 g/mol. The first-order chi connectivity index (χ1) is 15.1. The fourth-order valence-corrected chi connectivity index (χ4v) is 5.45. The van der Waals surface area contributed by atoms with Crippen molar-refractivity contribution in [3.05, 3.63) is 0 Å². The first-order valence-electron chi connectivity index (χ1n) is 10.8. The molecular weight excluding hydrogens is 440 g/mol. The molecule has 3 heterocycles. The lowest BCUT2D eigenvalue weighted by Gasteiger charge is -2.16. The minimum Gasteiger partial charge on any atom is -0.481 e. The van der Waals surface area contributed by atoms with E-state index in [0.29, 0.717) is 18.1 Å². The van der Waals surface area contributed by atoms with Crippen LogP contribution in [0.1, 0.15) is 58.3 Å². The fraction of sp³-hybridized carbons (Fsp3) is 0.750. The number of carbonyl (C=O) groups is 5. The molecular formula is C20H32N4O7S. The number of rotatable bonds is 10. The zero-order chi connectivity index (χ0) is 23.8. The van der Waals surface area contributed by atoms with Crippen LogP contribution >= 0.6 is 11.8 Å². The normalized spacial score (nSPS) is 27.3. The topological polar surface area (TPSA) is 179 Å². The van der Waals surface area contributed by atoms with E-state index in [9.17, 15) is 24.0 Å². The van der Waals surface area contributed by atoms with Gasteiger partial charge in [0.1, 0.15) is 11.7 Å². The third-order valence-electron chi connectivity index (χ3n) is 5.66. The molecule has 6 N–H and O–H groups in total. The molecule has 12 heteroatoms. The molecule has 0 aliphatic carbocycles. The van der Waals surface area contributed by atoms with E-state index in [4.69, 9.17) is 16.0 Å². The summed E-state index contributed by atoms with van der Waals surface area (Å²) in [6.45, 7) is 1.84. The van der Waals surface area contributed by atoms with Crippen LogP contribution in [0, 0.1) is 5.92 Å². The summed E-state index contributed by atoms with van der Waals surface area (Å²) >= 11 is 1.87. The number of ketones is 1. The summed E-state index contributed by atoms with van der Waals surface area (Å²) in [6.07, 6.45) is 4.18. The minimum absolute atomic E-state index is 0.0167. The highest BCUT2D eigenvalue weighted by atomic mass is 32.2. The zero-order valence-electron chi connectivity index (χ0n) is 18.1. The number of Topliss-reactive ketones (excluding diaryl/α,β-unsaturated/α-hetero) is 1. The van der Waals surface area contributed by atoms with E-state index in [1.54, 1.807) is 0 Å². The van der Waals surface area contributed by atoms with Gasteiger partial charge < -0.3 is 21.5 Å². The Balaban J connectivity index is 0.000000227. The number of nitrogens with two attached hydrogens (primary N) is 1. The van der Waals surface area contributed by atoms with E-state index in [1.807, 2.05) is 18.7 Å². The smallest absolute Gasteiger partial charge is 0.315 e. The van der Waals surface area contributed by atoms with Crippen LogP contribution in [0.5, 0.6) is 0 Å². The van der Waals surface area contributed by atoms with Gasteiger partial charge in [-0.3, -0.25) is 24.4 Å². The van der Waals surface area contributed by atoms with Gasteiger partial charge in [-0.1, -0.05) is 6.42 Å². The highest BCUT2D eigenvalue weighted by Crippen LogP contribution is 2.33. The standard InChI is InChI=1S/C10H16N2O4.C10H16N2O3S/c1-6(11)3-2-4-8(13)7-5-9(14)12(16)10(7)15;13-8(14)4-2-1-3-7-9-6(5-16-7)11-10(15)12-9/h6-7,16H,2-5,11H2,1H3;6-7,9H,1-5H2,(H,13,14)(H2,11,12,15)/t;6-,7-,9-/m.0/s1. The molecule has 5 atom stereocenters. The van der Waals surface area contributed by atoms with E-state index < -0.39 is 23.7 Å². The van der Waals surface area contributed by atoms with Crippen LogP contribution in [-0.4, -0.2) is 74.1 Å². The summed E-state index contributed by atoms with van der Waals surface area (Å²) in [5.41, 5.74) is 5.52. The average Bonchev–Trinajstić information content (AvgIpc) is 3.34. The molecule has 3 fully saturated rings. The number of imide groups is 1. The molecule has 0 radical (unpaired) electrons. The minimum atomic E-state index is -0.995. The molecule has 0 aromatic rings. The van der Waals surface area contributed by atoms with Gasteiger partial charge in [0.05, 0.1) is 12.1 Å². The predicted octanol–water partition coefficient (Wildman–Crippen LogP) is 0.634. The number of hydroxylamine groups is 2. The van der Waals surface area contributed by atoms with Crippen LogP contribution in [0.4, 0.5) is 4.79 Å². The Kier molecular flexibility index (Phi) is 9.91. The second-order valence-electron chi connectivity index (χ2n) is 8.40. The molecule has 0 bridgehead atoms. The molecule has 11 nitrogen and oxygen atoms in total. The molecule has 32 heavy (non-hydrogen) atoms. The van der Waals surface area contributed by atoms with Gasteiger partial charge in [0.25, 0.3) is 11.8 Å². The molecule has 4 amide bonds. The van der Waals surface area contributed by atoms with Crippen molar-refractivity contribution in [2.75, 3.05) is 5.75 Å². The van der Waals surface area contributed by atoms with Gasteiger partial charge in [-0.05, 0) is 32.6 Å². The number of carboxylic acid groups (broad SMARTS) is 1. The molecule has 2 unspecified atom stereocenters. The number of fused-ring (bicyclic) bond motifs is 1. The predicted molar refractivity (Wildman–Crippen MR) is 116 cm³/mol. The molecule has 0 spiro atoms. The molecule has 0 aromatic heterocycles. The van der Waals surface area contributed by atoms with Gasteiger partial charge in [-0.2, -0.15) is 16.8 Å². The lowest BCUT2D eigenvalue weighted by Crippen LogP contribution is -2.36. The summed E-state index contributed by atoms with van der Waals surface area (Å²) in [4.78, 5) is 55.3. The maximum absolute atomic E-state index is 11.6. The molecule has 0 aromatic carbocycles. The number of carboxylic acids is 1. The molecule has 3 saturated heterocycles.